The molecule has 0 spiro atoms. The number of fused-ring (bicyclic) bond motifs is 1. The second-order valence-corrected chi connectivity index (χ2v) is 4.95. The molecule has 3 heterocycles. The Morgan fingerprint density at radius 2 is 2.22 bits per heavy atom. The molecule has 0 unspecified atom stereocenters. The molecule has 18 heavy (non-hydrogen) atoms. The van der Waals surface area contributed by atoms with Gasteiger partial charge in [0.1, 0.15) is 16.1 Å². The zero-order valence-electron chi connectivity index (χ0n) is 9.88. The fourth-order valence-corrected chi connectivity index (χ4v) is 2.68. The monoisotopic (exact) mass is 262 g/mol. The van der Waals surface area contributed by atoms with Gasteiger partial charge in [-0.1, -0.05) is 10.3 Å². The Bertz CT molecular complexity index is 771. The van der Waals surface area contributed by atoms with Crippen LogP contribution in [-0.2, 0) is 6.54 Å². The summed E-state index contributed by atoms with van der Waals surface area (Å²) in [4.78, 5) is 16.5. The summed E-state index contributed by atoms with van der Waals surface area (Å²) in [7, 11) is 0. The number of thiophene rings is 1. The lowest BCUT2D eigenvalue weighted by Gasteiger charge is -2.02. The van der Waals surface area contributed by atoms with Gasteiger partial charge in [0.05, 0.1) is 18.4 Å². The number of rotatable bonds is 2. The number of aryl methyl sites for hydroxylation is 2. The van der Waals surface area contributed by atoms with Crippen LogP contribution in [0.2, 0.25) is 0 Å². The molecular formula is C11H10N4O2S. The van der Waals surface area contributed by atoms with Gasteiger partial charge in [-0.2, -0.15) is 0 Å². The number of hydrogen-bond donors (Lipinski definition) is 0. The molecule has 0 N–H and O–H groups in total. The number of aromatic nitrogens is 4. The topological polar surface area (TPSA) is 73.8 Å². The predicted octanol–water partition coefficient (Wildman–Crippen LogP) is 1.51. The normalized spacial score (nSPS) is 11.2. The lowest BCUT2D eigenvalue weighted by atomic mass is 10.3. The Balaban J connectivity index is 2.11. The van der Waals surface area contributed by atoms with Gasteiger partial charge in [0.2, 0.25) is 0 Å². The van der Waals surface area contributed by atoms with Crippen LogP contribution in [0.1, 0.15) is 17.0 Å². The zero-order valence-corrected chi connectivity index (χ0v) is 10.7. The van der Waals surface area contributed by atoms with Crippen LogP contribution in [0, 0.1) is 13.8 Å². The molecule has 0 bridgehead atoms. The lowest BCUT2D eigenvalue weighted by Crippen LogP contribution is -2.20. The van der Waals surface area contributed by atoms with Gasteiger partial charge in [-0.05, 0) is 24.8 Å². The Hall–Kier alpha value is -2.02. The van der Waals surface area contributed by atoms with Gasteiger partial charge in [-0.25, -0.2) is 9.61 Å². The molecule has 0 amide bonds. The van der Waals surface area contributed by atoms with Gasteiger partial charge >= 0.3 is 0 Å². The first-order valence-electron chi connectivity index (χ1n) is 5.38. The van der Waals surface area contributed by atoms with Gasteiger partial charge in [0.15, 0.2) is 0 Å². The van der Waals surface area contributed by atoms with Gasteiger partial charge in [-0.3, -0.25) is 9.36 Å². The molecule has 0 aliphatic rings. The zero-order chi connectivity index (χ0) is 12.7. The van der Waals surface area contributed by atoms with E-state index in [-0.39, 0.29) is 5.56 Å². The van der Waals surface area contributed by atoms with E-state index in [2.05, 4.69) is 19.9 Å². The molecule has 0 aromatic carbocycles. The minimum absolute atomic E-state index is 0.0551. The van der Waals surface area contributed by atoms with Gasteiger partial charge < -0.3 is 0 Å². The maximum atomic E-state index is 12.2. The quantitative estimate of drug-likeness (QED) is 0.699. The lowest BCUT2D eigenvalue weighted by molar-refractivity contribution is 0.300. The third kappa shape index (κ3) is 1.63. The Kier molecular flexibility index (Phi) is 2.48. The molecule has 0 aliphatic carbocycles. The summed E-state index contributed by atoms with van der Waals surface area (Å²) in [6, 6.07) is 0. The predicted molar refractivity (Wildman–Crippen MR) is 66.8 cm³/mol. The Labute approximate surface area is 106 Å². The molecule has 0 radical (unpaired) electrons. The molecule has 0 saturated heterocycles. The minimum atomic E-state index is -0.0551. The molecule has 3 aromatic heterocycles. The average molecular weight is 262 g/mol. The van der Waals surface area contributed by atoms with Crippen molar-refractivity contribution < 1.29 is 4.63 Å². The highest BCUT2D eigenvalue weighted by Crippen LogP contribution is 2.19. The van der Waals surface area contributed by atoms with E-state index in [1.54, 1.807) is 13.3 Å². The van der Waals surface area contributed by atoms with E-state index < -0.39 is 0 Å². The summed E-state index contributed by atoms with van der Waals surface area (Å²) < 4.78 is 6.80. The highest BCUT2D eigenvalue weighted by atomic mass is 32.1. The third-order valence-electron chi connectivity index (χ3n) is 2.79. The molecule has 3 rings (SSSR count). The van der Waals surface area contributed by atoms with E-state index >= 15 is 0 Å². The molecule has 3 aromatic rings. The van der Waals surface area contributed by atoms with Crippen molar-refractivity contribution in [3.05, 3.63) is 39.0 Å². The Morgan fingerprint density at radius 3 is 2.94 bits per heavy atom. The summed E-state index contributed by atoms with van der Waals surface area (Å²) >= 11 is 1.42. The van der Waals surface area contributed by atoms with Gasteiger partial charge in [0.25, 0.3) is 5.56 Å². The van der Waals surface area contributed by atoms with Crippen LogP contribution in [0.3, 0.4) is 0 Å². The fraction of sp³-hybridized carbons (Fsp3) is 0.273. The maximum absolute atomic E-state index is 12.2. The fourth-order valence-electron chi connectivity index (χ4n) is 1.73. The summed E-state index contributed by atoms with van der Waals surface area (Å²) in [6.45, 7) is 4.06. The van der Waals surface area contributed by atoms with Crippen molar-refractivity contribution in [1.29, 1.82) is 0 Å². The molecule has 0 aliphatic heterocycles. The molecule has 7 heteroatoms. The maximum Gasteiger partial charge on any atom is 0.271 e. The van der Waals surface area contributed by atoms with Crippen LogP contribution in [0.4, 0.5) is 0 Å². The standard InChI is InChI=1S/C11H10N4O2S/c1-6-4-18-10-9(6)12-5-15(11(10)16)3-8-7(2)13-17-14-8/h4-5H,3H2,1-2H3. The summed E-state index contributed by atoms with van der Waals surface area (Å²) in [5.41, 5.74) is 3.08. The Morgan fingerprint density at radius 1 is 1.39 bits per heavy atom. The van der Waals surface area contributed by atoms with Gasteiger partial charge in [0, 0.05) is 0 Å². The summed E-state index contributed by atoms with van der Waals surface area (Å²) in [5.74, 6) is 0. The first-order valence-corrected chi connectivity index (χ1v) is 6.26. The van der Waals surface area contributed by atoms with E-state index in [1.165, 1.54) is 15.9 Å². The second-order valence-electron chi connectivity index (χ2n) is 4.07. The van der Waals surface area contributed by atoms with Crippen molar-refractivity contribution in [1.82, 2.24) is 19.9 Å². The van der Waals surface area contributed by atoms with Crippen molar-refractivity contribution in [3.63, 3.8) is 0 Å². The van der Waals surface area contributed by atoms with Crippen LogP contribution < -0.4 is 5.56 Å². The van der Waals surface area contributed by atoms with Crippen molar-refractivity contribution in [2.75, 3.05) is 0 Å². The highest BCUT2D eigenvalue weighted by molar-refractivity contribution is 7.17. The van der Waals surface area contributed by atoms with Crippen LogP contribution in [0.15, 0.2) is 21.1 Å². The highest BCUT2D eigenvalue weighted by Gasteiger charge is 2.11. The van der Waals surface area contributed by atoms with Crippen LogP contribution in [-0.4, -0.2) is 19.9 Å². The van der Waals surface area contributed by atoms with Crippen molar-refractivity contribution in [2.24, 2.45) is 0 Å². The first-order chi connectivity index (χ1) is 8.66. The van der Waals surface area contributed by atoms with E-state index in [9.17, 15) is 4.79 Å². The number of hydrogen-bond acceptors (Lipinski definition) is 6. The van der Waals surface area contributed by atoms with Crippen molar-refractivity contribution in [2.45, 2.75) is 20.4 Å². The van der Waals surface area contributed by atoms with Crippen molar-refractivity contribution >= 4 is 21.6 Å². The van der Waals surface area contributed by atoms with E-state index in [1.807, 2.05) is 12.3 Å². The molecule has 0 fully saturated rings. The SMILES string of the molecule is Cc1nonc1Cn1cnc2c(C)csc2c1=O. The minimum Gasteiger partial charge on any atom is -0.292 e. The molecule has 92 valence electrons. The van der Waals surface area contributed by atoms with Crippen LogP contribution >= 0.6 is 11.3 Å². The molecule has 0 saturated carbocycles. The first kappa shape index (κ1) is 11.1. The summed E-state index contributed by atoms with van der Waals surface area (Å²) in [6.07, 6.45) is 1.54. The molecule has 6 nitrogen and oxygen atoms in total. The third-order valence-corrected chi connectivity index (χ3v) is 3.87. The van der Waals surface area contributed by atoms with E-state index in [4.69, 9.17) is 0 Å². The van der Waals surface area contributed by atoms with E-state index in [0.717, 1.165) is 11.1 Å². The van der Waals surface area contributed by atoms with Crippen molar-refractivity contribution in [3.8, 4) is 0 Å². The smallest absolute Gasteiger partial charge is 0.271 e. The number of nitrogens with zero attached hydrogens (tertiary/aromatic N) is 4. The second kappa shape index (κ2) is 4.02. The summed E-state index contributed by atoms with van der Waals surface area (Å²) in [5, 5.41) is 9.39. The molecular weight excluding hydrogens is 252 g/mol. The largest absolute Gasteiger partial charge is 0.292 e. The van der Waals surface area contributed by atoms with E-state index in [0.29, 0.717) is 22.6 Å². The average Bonchev–Trinajstić information content (AvgIpc) is 2.91. The van der Waals surface area contributed by atoms with Gasteiger partial charge in [-0.15, -0.1) is 11.3 Å². The van der Waals surface area contributed by atoms with Crippen LogP contribution in [0.5, 0.6) is 0 Å². The van der Waals surface area contributed by atoms with Crippen LogP contribution in [0.25, 0.3) is 10.2 Å². The molecule has 0 atom stereocenters.